The van der Waals surface area contributed by atoms with Crippen molar-refractivity contribution in [3.05, 3.63) is 81.4 Å². The summed E-state index contributed by atoms with van der Waals surface area (Å²) in [7, 11) is 7.55. The fraction of sp³-hybridized carbons (Fsp3) is 0.500. The van der Waals surface area contributed by atoms with Crippen LogP contribution in [0.4, 0.5) is 15.3 Å². The topological polar surface area (TPSA) is 242 Å². The molecule has 2 amide bonds. The van der Waals surface area contributed by atoms with Gasteiger partial charge in [-0.2, -0.15) is 0 Å². The maximum Gasteiger partial charge on any atom is 0.409 e. The average molecular weight is 919 g/mol. The van der Waals surface area contributed by atoms with Gasteiger partial charge in [-0.15, -0.1) is 0 Å². The van der Waals surface area contributed by atoms with Crippen LogP contribution in [0.2, 0.25) is 0 Å². The first-order chi connectivity index (χ1) is 31.6. The van der Waals surface area contributed by atoms with Crippen LogP contribution >= 0.6 is 0 Å². The highest BCUT2D eigenvalue weighted by Crippen LogP contribution is 2.53. The molecule has 66 heavy (non-hydrogen) atoms. The lowest BCUT2D eigenvalue weighted by atomic mass is 9.72. The number of hydrogen-bond donors (Lipinski definition) is 4. The Kier molecular flexibility index (Phi) is 13.3. The number of fused-ring (bicyclic) bond motifs is 6. The van der Waals surface area contributed by atoms with Crippen molar-refractivity contribution in [1.82, 2.24) is 14.7 Å². The van der Waals surface area contributed by atoms with Gasteiger partial charge in [-0.05, 0) is 30.7 Å². The number of ether oxygens (including phenoxy) is 8. The lowest BCUT2D eigenvalue weighted by Gasteiger charge is -2.43. The Morgan fingerprint density at radius 1 is 0.924 bits per heavy atom. The van der Waals surface area contributed by atoms with Crippen LogP contribution in [0.5, 0.6) is 17.2 Å². The smallest absolute Gasteiger partial charge is 0.409 e. The zero-order chi connectivity index (χ0) is 47.2. The van der Waals surface area contributed by atoms with Crippen molar-refractivity contribution in [2.45, 2.75) is 81.6 Å². The summed E-state index contributed by atoms with van der Waals surface area (Å²) >= 11 is 0. The monoisotopic (exact) mass is 918 g/mol. The molecule has 5 aliphatic rings. The molecule has 4 N–H and O–H groups in total. The van der Waals surface area contributed by atoms with E-state index in [4.69, 9.17) is 37.9 Å². The van der Waals surface area contributed by atoms with E-state index in [1.807, 2.05) is 24.3 Å². The summed E-state index contributed by atoms with van der Waals surface area (Å²) in [6.07, 6.45) is -7.11. The number of aromatic hydroxyl groups is 2. The first-order valence-corrected chi connectivity index (χ1v) is 21.6. The number of anilines is 1. The molecule has 0 spiro atoms. The number of Topliss-reactive ketones (excluding diaryl/α,β-unsaturated/α-hetero) is 1. The zero-order valence-corrected chi connectivity index (χ0v) is 37.4. The van der Waals surface area contributed by atoms with Gasteiger partial charge in [0.1, 0.15) is 35.6 Å². The van der Waals surface area contributed by atoms with Gasteiger partial charge in [-0.1, -0.05) is 24.3 Å². The maximum absolute atomic E-state index is 14.2. The van der Waals surface area contributed by atoms with E-state index in [0.29, 0.717) is 13.2 Å². The van der Waals surface area contributed by atoms with E-state index in [-0.39, 0.29) is 60.2 Å². The number of ketones is 3. The molecule has 3 aromatic rings. The first kappa shape index (κ1) is 46.7. The Bertz CT molecular complexity index is 2400. The summed E-state index contributed by atoms with van der Waals surface area (Å²) in [6.45, 7) is 1.87. The molecule has 3 aromatic carbocycles. The molecule has 3 fully saturated rings. The maximum atomic E-state index is 14.2. The van der Waals surface area contributed by atoms with Crippen LogP contribution < -0.4 is 10.1 Å². The number of carbonyl (C=O) groups is 5. The van der Waals surface area contributed by atoms with Gasteiger partial charge in [0.25, 0.3) is 0 Å². The minimum Gasteiger partial charge on any atom is -0.507 e. The van der Waals surface area contributed by atoms with E-state index in [9.17, 15) is 39.3 Å². The lowest BCUT2D eigenvalue weighted by Crippen LogP contribution is -2.55. The lowest BCUT2D eigenvalue weighted by molar-refractivity contribution is -0.256. The number of phenolic OH excluding ortho intramolecular Hbond substituents is 2. The minimum atomic E-state index is -2.41. The molecule has 3 saturated heterocycles. The molecule has 3 heterocycles. The summed E-state index contributed by atoms with van der Waals surface area (Å²) in [4.78, 5) is 72.7. The largest absolute Gasteiger partial charge is 0.507 e. The summed E-state index contributed by atoms with van der Waals surface area (Å²) < 4.78 is 46.6. The molecule has 1 unspecified atom stereocenters. The molecule has 3 aliphatic heterocycles. The fourth-order valence-electron chi connectivity index (χ4n) is 9.42. The average Bonchev–Trinajstić information content (AvgIpc) is 3.70. The minimum absolute atomic E-state index is 0.00686. The summed E-state index contributed by atoms with van der Waals surface area (Å²) in [6, 6.07) is 11.5. The molecule has 354 valence electrons. The highest BCUT2D eigenvalue weighted by Gasteiger charge is 2.55. The fourth-order valence-corrected chi connectivity index (χ4v) is 9.42. The second-order valence-corrected chi connectivity index (χ2v) is 17.0. The predicted molar refractivity (Wildman–Crippen MR) is 229 cm³/mol. The Morgan fingerprint density at radius 3 is 2.30 bits per heavy atom. The van der Waals surface area contributed by atoms with Crippen LogP contribution in [-0.4, -0.2) is 170 Å². The molecular weight excluding hydrogens is 865 g/mol. The van der Waals surface area contributed by atoms with Crippen molar-refractivity contribution in [3.8, 4) is 17.2 Å². The number of methoxy groups -OCH3 is 2. The summed E-state index contributed by atoms with van der Waals surface area (Å²) in [5.74, 6) is -3.91. The van der Waals surface area contributed by atoms with Crippen molar-refractivity contribution in [2.24, 2.45) is 0 Å². The van der Waals surface area contributed by atoms with Gasteiger partial charge >= 0.3 is 12.2 Å². The third-order valence-corrected chi connectivity index (χ3v) is 13.0. The zero-order valence-electron chi connectivity index (χ0n) is 37.4. The molecule has 8 rings (SSSR count). The standard InChI is InChI=1S/C46H54N4O16/c1-23-41-28(50-16-17-61-43(60-6)42(50)66-41)18-32(64-23)65-30-20-46(58,19-27-34(30)40(55)36-35(38(27)53)37(52)26-8-7-9-29(59-5)33(26)39(36)54)31(51)22-63-45(57)49(4)15-14-48(3)44(56)62-21-24-10-12-25(47-2)13-11-24/h7-13,23,28,30,32,41-43,47,53,55,58H,14-22H2,1-6H3/t23-,28-,30-,32-,41+,42?,43-,46-/m0/s1. The van der Waals surface area contributed by atoms with Crippen LogP contribution in [0.3, 0.4) is 0 Å². The predicted octanol–water partition coefficient (Wildman–Crippen LogP) is 3.10. The van der Waals surface area contributed by atoms with Crippen molar-refractivity contribution < 1.29 is 77.2 Å². The number of morpholine rings is 1. The molecule has 20 nitrogen and oxygen atoms in total. The van der Waals surface area contributed by atoms with Crippen molar-refractivity contribution in [3.63, 3.8) is 0 Å². The first-order valence-electron chi connectivity index (χ1n) is 21.6. The quantitative estimate of drug-likeness (QED) is 0.141. The van der Waals surface area contributed by atoms with Gasteiger partial charge < -0.3 is 68.3 Å². The number of nitrogens with zero attached hydrogens (tertiary/aromatic N) is 3. The number of rotatable bonds is 13. The van der Waals surface area contributed by atoms with E-state index in [1.165, 1.54) is 51.4 Å². The SMILES string of the molecule is CNc1ccc(COC(=O)N(C)CCN(C)C(=O)OCC(=O)[C@]2(O)Cc3c(O)c4c(c(O)c3[C@@H](O[C@H]3C[C@H]5[C@H](OC6[C@@H](OC)OCCN65)[C@H](C)O3)C2)C(=O)c2c(OC)cccc2C4=O)cc1. The highest BCUT2D eigenvalue weighted by molar-refractivity contribution is 6.31. The van der Waals surface area contributed by atoms with E-state index in [0.717, 1.165) is 16.2 Å². The van der Waals surface area contributed by atoms with Gasteiger partial charge in [0.05, 0.1) is 42.6 Å². The number of phenols is 2. The number of likely N-dealkylation sites (N-methyl/N-ethyl adjacent to an activating group) is 2. The van der Waals surface area contributed by atoms with Crippen LogP contribution in [0.1, 0.15) is 74.4 Å². The summed E-state index contributed by atoms with van der Waals surface area (Å²) in [5, 5.41) is 39.3. The van der Waals surface area contributed by atoms with Crippen molar-refractivity contribution in [2.75, 3.05) is 73.5 Å². The second kappa shape index (κ2) is 18.8. The van der Waals surface area contributed by atoms with Gasteiger partial charge in [0.15, 0.2) is 31.2 Å². The third kappa shape index (κ3) is 8.53. The Labute approximate surface area is 380 Å². The molecular formula is C46H54N4O16. The van der Waals surface area contributed by atoms with Crippen molar-refractivity contribution >= 4 is 35.2 Å². The molecule has 2 aliphatic carbocycles. The number of hydrogen-bond acceptors (Lipinski definition) is 18. The Morgan fingerprint density at radius 2 is 1.62 bits per heavy atom. The normalized spacial score (nSPS) is 26.5. The van der Waals surface area contributed by atoms with Crippen LogP contribution in [-0.2, 0) is 51.0 Å². The highest BCUT2D eigenvalue weighted by atomic mass is 16.7. The molecule has 0 aromatic heterocycles. The molecule has 0 bridgehead atoms. The van der Waals surface area contributed by atoms with E-state index >= 15 is 0 Å². The number of amides is 2. The van der Waals surface area contributed by atoms with Gasteiger partial charge in [-0.3, -0.25) is 19.3 Å². The molecule has 8 atom stereocenters. The second-order valence-electron chi connectivity index (χ2n) is 17.0. The van der Waals surface area contributed by atoms with Crippen molar-refractivity contribution in [1.29, 1.82) is 0 Å². The molecule has 0 saturated carbocycles. The number of carbonyl (C=O) groups excluding carboxylic acids is 5. The summed E-state index contributed by atoms with van der Waals surface area (Å²) in [5.41, 5.74) is -2.26. The molecule has 20 heteroatoms. The molecule has 0 radical (unpaired) electrons. The Balaban J connectivity index is 1.01. The number of aliphatic hydroxyl groups is 1. The van der Waals surface area contributed by atoms with Gasteiger partial charge in [0.2, 0.25) is 11.6 Å². The van der Waals surface area contributed by atoms with Gasteiger partial charge in [-0.25, -0.2) is 9.59 Å². The third-order valence-electron chi connectivity index (χ3n) is 13.0. The van der Waals surface area contributed by atoms with Crippen LogP contribution in [0.15, 0.2) is 42.5 Å². The number of benzene rings is 3. The van der Waals surface area contributed by atoms with Crippen LogP contribution in [0, 0.1) is 0 Å². The number of nitrogens with one attached hydrogen (secondary N) is 1. The Hall–Kier alpha value is -5.87. The van der Waals surface area contributed by atoms with E-state index in [2.05, 4.69) is 10.2 Å². The van der Waals surface area contributed by atoms with E-state index < -0.39 is 114 Å². The van der Waals surface area contributed by atoms with Crippen LogP contribution in [0.25, 0.3) is 0 Å². The van der Waals surface area contributed by atoms with E-state index in [1.54, 1.807) is 14.0 Å². The van der Waals surface area contributed by atoms with Gasteiger partial charge in [0, 0.05) is 95.6 Å².